The van der Waals surface area contributed by atoms with Gasteiger partial charge in [0.05, 0.1) is 0 Å². The van der Waals surface area contributed by atoms with Crippen LogP contribution in [0.15, 0.2) is 0 Å². The maximum absolute atomic E-state index is 3.77. The van der Waals surface area contributed by atoms with Gasteiger partial charge in [0.2, 0.25) is 0 Å². The first-order valence-electron chi connectivity index (χ1n) is 3.71. The first-order chi connectivity index (χ1) is 4.00. The molecule has 0 N–H and O–H groups in total. The van der Waals surface area contributed by atoms with Gasteiger partial charge in [-0.2, -0.15) is 10.8 Å². The molecule has 0 unspecified atom stereocenters. The van der Waals surface area contributed by atoms with Gasteiger partial charge in [-0.25, -0.2) is 0 Å². The molecule has 0 bridgehead atoms. The monoisotopic (exact) mass is 337 g/mol. The van der Waals surface area contributed by atoms with Crippen LogP contribution in [0.25, 0.3) is 0 Å². The third-order valence-corrected chi connectivity index (χ3v) is 0. The molecule has 11 heavy (non-hydrogen) atoms. The zero-order chi connectivity index (χ0) is 9.00. The molecule has 1 heteroatoms. The van der Waals surface area contributed by atoms with Gasteiger partial charge in [0, 0.05) is 0 Å². The van der Waals surface area contributed by atoms with Crippen molar-refractivity contribution >= 4 is 0 Å². The van der Waals surface area contributed by atoms with E-state index in [4.69, 9.17) is 0 Å². The van der Waals surface area contributed by atoms with Gasteiger partial charge < -0.3 is 13.8 Å². The Bertz CT molecular complexity index is 47.9. The smallest absolute Gasteiger partial charge is 0.338 e. The first-order valence-corrected chi connectivity index (χ1v) is 3.71. The second-order valence-corrected chi connectivity index (χ2v) is 5.12. The normalized spacial score (nSPS) is 10.9. The topological polar surface area (TPSA) is 0 Å². The predicted molar refractivity (Wildman–Crippen MR) is 49.6 cm³/mol. The van der Waals surface area contributed by atoms with Crippen LogP contribution in [0.1, 0.15) is 41.5 Å². The Hall–Kier alpha value is 0.688. The molecule has 0 aromatic heterocycles. The Balaban J connectivity index is -0.000000107. The molecule has 0 fully saturated rings. The molecule has 0 aromatic rings. The Kier molecular flexibility index (Phi) is 10.0. The summed E-state index contributed by atoms with van der Waals surface area (Å²) in [6.07, 6.45) is 0. The van der Waals surface area contributed by atoms with E-state index in [0.29, 0.717) is 0 Å². The summed E-state index contributed by atoms with van der Waals surface area (Å²) in [5.74, 6) is 0. The zero-order valence-corrected chi connectivity index (χ0v) is 11.0. The van der Waals surface area contributed by atoms with Gasteiger partial charge in [-0.15, -0.1) is 0 Å². The van der Waals surface area contributed by atoms with Gasteiger partial charge >= 0.3 is 21.1 Å². The molecular formula is C10H22Pt. The Morgan fingerprint density at radius 2 is 0.636 bits per heavy atom. The molecule has 0 aromatic carbocycles. The summed E-state index contributed by atoms with van der Waals surface area (Å²) in [4.78, 5) is 0. The maximum Gasteiger partial charge on any atom is 2.00 e. The zero-order valence-electron chi connectivity index (χ0n) is 8.73. The van der Waals surface area contributed by atoms with Crippen molar-refractivity contribution in [2.24, 2.45) is 10.8 Å². The van der Waals surface area contributed by atoms with E-state index in [-0.39, 0.29) is 31.9 Å². The minimum atomic E-state index is 0. The molecule has 0 atom stereocenters. The summed E-state index contributed by atoms with van der Waals surface area (Å²) < 4.78 is 0. The van der Waals surface area contributed by atoms with Gasteiger partial charge in [0.25, 0.3) is 0 Å². The van der Waals surface area contributed by atoms with Crippen molar-refractivity contribution < 1.29 is 21.1 Å². The quantitative estimate of drug-likeness (QED) is 0.591. The van der Waals surface area contributed by atoms with E-state index in [2.05, 4.69) is 55.4 Å². The molecule has 0 nitrogen and oxygen atoms in total. The number of hydrogen-bond acceptors (Lipinski definition) is 0. The van der Waals surface area contributed by atoms with Crippen molar-refractivity contribution in [3.8, 4) is 0 Å². The van der Waals surface area contributed by atoms with Crippen LogP contribution in [0.3, 0.4) is 0 Å². The van der Waals surface area contributed by atoms with Crippen LogP contribution in [-0.4, -0.2) is 0 Å². The van der Waals surface area contributed by atoms with Gasteiger partial charge in [0.1, 0.15) is 0 Å². The van der Waals surface area contributed by atoms with Crippen molar-refractivity contribution in [1.82, 2.24) is 0 Å². The van der Waals surface area contributed by atoms with Crippen LogP contribution in [0.2, 0.25) is 0 Å². The summed E-state index contributed by atoms with van der Waals surface area (Å²) in [5.41, 5.74) is 0.500. The van der Waals surface area contributed by atoms with Crippen molar-refractivity contribution in [1.29, 1.82) is 0 Å². The fourth-order valence-electron chi connectivity index (χ4n) is 0. The molecule has 0 rings (SSSR count). The third kappa shape index (κ3) is 1700. The van der Waals surface area contributed by atoms with Gasteiger partial charge in [-0.05, 0) is 0 Å². The largest absolute Gasteiger partial charge is 2.00 e. The van der Waals surface area contributed by atoms with E-state index in [0.717, 1.165) is 0 Å². The number of rotatable bonds is 0. The van der Waals surface area contributed by atoms with Crippen LogP contribution in [-0.2, 0) is 21.1 Å². The van der Waals surface area contributed by atoms with Crippen LogP contribution >= 0.6 is 0 Å². The fraction of sp³-hybridized carbons (Fsp3) is 0.800. The molecule has 72 valence electrons. The van der Waals surface area contributed by atoms with Gasteiger partial charge in [0.15, 0.2) is 0 Å². The van der Waals surface area contributed by atoms with Crippen LogP contribution in [0.5, 0.6) is 0 Å². The number of hydrogen-bond donors (Lipinski definition) is 0. The van der Waals surface area contributed by atoms with Crippen molar-refractivity contribution in [2.75, 3.05) is 0 Å². The van der Waals surface area contributed by atoms with Crippen LogP contribution in [0.4, 0.5) is 0 Å². The predicted octanol–water partition coefficient (Wildman–Crippen LogP) is 3.73. The van der Waals surface area contributed by atoms with Crippen LogP contribution < -0.4 is 0 Å². The molecule has 0 radical (unpaired) electrons. The van der Waals surface area contributed by atoms with E-state index in [1.807, 2.05) is 0 Å². The maximum atomic E-state index is 3.77. The Morgan fingerprint density at radius 3 is 0.636 bits per heavy atom. The molecule has 0 heterocycles. The second kappa shape index (κ2) is 6.23. The van der Waals surface area contributed by atoms with Crippen molar-refractivity contribution in [3.63, 3.8) is 0 Å². The minimum absolute atomic E-state index is 0. The molecule has 0 aliphatic rings. The van der Waals surface area contributed by atoms with E-state index >= 15 is 0 Å². The average Bonchev–Trinajstić information content (AvgIpc) is 1.12. The van der Waals surface area contributed by atoms with E-state index in [1.165, 1.54) is 0 Å². The first kappa shape index (κ1) is 17.7. The SMILES string of the molecule is [CH2-]C(C)(C)C.[CH2-]C(C)(C)C.[Pt+2]. The van der Waals surface area contributed by atoms with Crippen molar-refractivity contribution in [2.45, 2.75) is 41.5 Å². The van der Waals surface area contributed by atoms with E-state index < -0.39 is 0 Å². The summed E-state index contributed by atoms with van der Waals surface area (Å²) in [7, 11) is 0. The second-order valence-electron chi connectivity index (χ2n) is 5.12. The standard InChI is InChI=1S/2C5H11.Pt/c2*1-5(2,3)4;/h2*1H2,2-4H3;/q2*-1;+2. The summed E-state index contributed by atoms with van der Waals surface area (Å²) in [6.45, 7) is 20.0. The molecule has 0 amide bonds. The molecule has 0 aliphatic heterocycles. The van der Waals surface area contributed by atoms with Crippen LogP contribution in [0, 0.1) is 24.7 Å². The van der Waals surface area contributed by atoms with Crippen molar-refractivity contribution in [3.05, 3.63) is 13.8 Å². The molecule has 0 saturated heterocycles. The van der Waals surface area contributed by atoms with E-state index in [1.54, 1.807) is 0 Å². The Labute approximate surface area is 87.4 Å². The molecule has 0 saturated carbocycles. The summed E-state index contributed by atoms with van der Waals surface area (Å²) in [5, 5.41) is 0. The molecule has 0 spiro atoms. The average molecular weight is 337 g/mol. The fourth-order valence-corrected chi connectivity index (χ4v) is 0. The Morgan fingerprint density at radius 1 is 0.636 bits per heavy atom. The molecular weight excluding hydrogens is 315 g/mol. The van der Waals surface area contributed by atoms with Gasteiger partial charge in [-0.1, -0.05) is 41.5 Å². The van der Waals surface area contributed by atoms with Gasteiger partial charge in [-0.3, -0.25) is 0 Å². The van der Waals surface area contributed by atoms with E-state index in [9.17, 15) is 0 Å². The summed E-state index contributed by atoms with van der Waals surface area (Å²) >= 11 is 0. The third-order valence-electron chi connectivity index (χ3n) is 0. The summed E-state index contributed by atoms with van der Waals surface area (Å²) in [6, 6.07) is 0. The minimum Gasteiger partial charge on any atom is -0.338 e. The molecule has 0 aliphatic carbocycles.